The number of carbonyl (C=O) groups is 1. The SMILES string of the molecule is CC(F)(c1ccc(C(=O)NO)cc1)N1CCCCc2ccccc21. The Hall–Kier alpha value is -2.40. The number of rotatable bonds is 3. The Morgan fingerprint density at radius 3 is 2.58 bits per heavy atom. The number of halogens is 1. The minimum Gasteiger partial charge on any atom is -0.336 e. The highest BCUT2D eigenvalue weighted by molar-refractivity contribution is 5.93. The molecule has 1 unspecified atom stereocenters. The smallest absolute Gasteiger partial charge is 0.274 e. The van der Waals surface area contributed by atoms with Crippen molar-refractivity contribution in [2.75, 3.05) is 11.4 Å². The van der Waals surface area contributed by atoms with E-state index in [4.69, 9.17) is 5.21 Å². The molecule has 1 aliphatic heterocycles. The predicted molar refractivity (Wildman–Crippen MR) is 90.9 cm³/mol. The van der Waals surface area contributed by atoms with Crippen LogP contribution in [-0.2, 0) is 12.2 Å². The summed E-state index contributed by atoms with van der Waals surface area (Å²) < 4.78 is 15.8. The summed E-state index contributed by atoms with van der Waals surface area (Å²) in [7, 11) is 0. The molecule has 0 bridgehead atoms. The molecule has 0 aromatic heterocycles. The second kappa shape index (κ2) is 6.61. The molecule has 0 aliphatic carbocycles. The van der Waals surface area contributed by atoms with Gasteiger partial charge in [0, 0.05) is 23.4 Å². The van der Waals surface area contributed by atoms with Crippen LogP contribution in [0, 0.1) is 0 Å². The molecule has 4 nitrogen and oxygen atoms in total. The molecule has 1 aliphatic rings. The number of fused-ring (bicyclic) bond motifs is 1. The van der Waals surface area contributed by atoms with Crippen LogP contribution >= 0.6 is 0 Å². The summed E-state index contributed by atoms with van der Waals surface area (Å²) in [5.41, 5.74) is 4.44. The molecule has 1 amide bonds. The number of hydrogen-bond acceptors (Lipinski definition) is 3. The quantitative estimate of drug-likeness (QED) is 0.512. The summed E-state index contributed by atoms with van der Waals surface area (Å²) in [6, 6.07) is 14.2. The highest BCUT2D eigenvalue weighted by atomic mass is 19.1. The van der Waals surface area contributed by atoms with E-state index in [0.717, 1.165) is 30.5 Å². The first kappa shape index (κ1) is 16.5. The third-order valence-electron chi connectivity index (χ3n) is 4.64. The van der Waals surface area contributed by atoms with Crippen molar-refractivity contribution in [1.82, 2.24) is 5.48 Å². The van der Waals surface area contributed by atoms with Crippen LogP contribution in [0.3, 0.4) is 0 Å². The topological polar surface area (TPSA) is 52.6 Å². The summed E-state index contributed by atoms with van der Waals surface area (Å²) in [6.07, 6.45) is 2.93. The lowest BCUT2D eigenvalue weighted by Gasteiger charge is -2.37. The number of carbonyl (C=O) groups excluding carboxylic acids is 1. The van der Waals surface area contributed by atoms with Crippen LogP contribution in [0.4, 0.5) is 10.1 Å². The molecule has 0 spiro atoms. The molecule has 126 valence electrons. The molecular formula is C19H21FN2O2. The maximum Gasteiger partial charge on any atom is 0.274 e. The number of nitrogens with zero attached hydrogens (tertiary/aromatic N) is 1. The third-order valence-corrected chi connectivity index (χ3v) is 4.64. The van der Waals surface area contributed by atoms with Gasteiger partial charge in [-0.05, 0) is 49.9 Å². The first-order valence-corrected chi connectivity index (χ1v) is 8.13. The second-order valence-electron chi connectivity index (χ2n) is 6.21. The van der Waals surface area contributed by atoms with E-state index in [1.54, 1.807) is 29.4 Å². The van der Waals surface area contributed by atoms with Crippen molar-refractivity contribution in [2.24, 2.45) is 0 Å². The van der Waals surface area contributed by atoms with Crippen molar-refractivity contribution in [1.29, 1.82) is 0 Å². The molecule has 3 rings (SSSR count). The lowest BCUT2D eigenvalue weighted by atomic mass is 10.0. The van der Waals surface area contributed by atoms with Crippen LogP contribution in [0.5, 0.6) is 0 Å². The van der Waals surface area contributed by atoms with Crippen LogP contribution in [0.15, 0.2) is 48.5 Å². The Morgan fingerprint density at radius 1 is 1.17 bits per heavy atom. The molecular weight excluding hydrogens is 307 g/mol. The lowest BCUT2D eigenvalue weighted by molar-refractivity contribution is 0.0706. The van der Waals surface area contributed by atoms with Crippen LogP contribution in [0.25, 0.3) is 0 Å². The van der Waals surface area contributed by atoms with Gasteiger partial charge in [0.15, 0.2) is 0 Å². The van der Waals surface area contributed by atoms with Crippen molar-refractivity contribution in [3.8, 4) is 0 Å². The van der Waals surface area contributed by atoms with Crippen LogP contribution in [0.2, 0.25) is 0 Å². The van der Waals surface area contributed by atoms with Crippen LogP contribution < -0.4 is 10.4 Å². The van der Waals surface area contributed by atoms with E-state index >= 15 is 4.39 Å². The van der Waals surface area contributed by atoms with E-state index in [-0.39, 0.29) is 5.56 Å². The highest BCUT2D eigenvalue weighted by Crippen LogP contribution is 2.38. The normalized spacial score (nSPS) is 16.7. The minimum absolute atomic E-state index is 0.285. The summed E-state index contributed by atoms with van der Waals surface area (Å²) in [4.78, 5) is 13.2. The first-order chi connectivity index (χ1) is 11.5. The molecule has 0 radical (unpaired) electrons. The number of hydrogen-bond donors (Lipinski definition) is 2. The van der Waals surface area contributed by atoms with Gasteiger partial charge in [0.2, 0.25) is 5.79 Å². The third kappa shape index (κ3) is 2.99. The van der Waals surface area contributed by atoms with Crippen molar-refractivity contribution in [2.45, 2.75) is 32.0 Å². The van der Waals surface area contributed by atoms with Gasteiger partial charge in [-0.1, -0.05) is 30.3 Å². The van der Waals surface area contributed by atoms with Gasteiger partial charge in [-0.25, -0.2) is 9.87 Å². The summed E-state index contributed by atoms with van der Waals surface area (Å²) in [6.45, 7) is 2.19. The predicted octanol–water partition coefficient (Wildman–Crippen LogP) is 3.79. The number of benzene rings is 2. The second-order valence-corrected chi connectivity index (χ2v) is 6.21. The maximum atomic E-state index is 15.8. The minimum atomic E-state index is -1.69. The van der Waals surface area contributed by atoms with Gasteiger partial charge < -0.3 is 4.90 Å². The average molecular weight is 328 g/mol. The fraction of sp³-hybridized carbons (Fsp3) is 0.316. The first-order valence-electron chi connectivity index (χ1n) is 8.13. The fourth-order valence-electron chi connectivity index (χ4n) is 3.27. The standard InChI is InChI=1S/C19H21FN2O2/c1-19(20,16-11-9-15(10-12-16)18(23)21-24)22-13-5-4-7-14-6-2-3-8-17(14)22/h2-3,6,8-12,24H,4-5,7,13H2,1H3,(H,21,23). The lowest BCUT2D eigenvalue weighted by Crippen LogP contribution is -2.41. The molecule has 0 fully saturated rings. The zero-order valence-electron chi connectivity index (χ0n) is 13.6. The zero-order valence-corrected chi connectivity index (χ0v) is 13.6. The Morgan fingerprint density at radius 2 is 1.88 bits per heavy atom. The number of amides is 1. The molecule has 24 heavy (non-hydrogen) atoms. The molecule has 5 heteroatoms. The average Bonchev–Trinajstić information content (AvgIpc) is 2.84. The van der Waals surface area contributed by atoms with Gasteiger partial charge in [0.25, 0.3) is 5.91 Å². The monoisotopic (exact) mass is 328 g/mol. The Bertz CT molecular complexity index is 728. The number of anilines is 1. The van der Waals surface area contributed by atoms with E-state index in [9.17, 15) is 4.79 Å². The molecule has 0 saturated carbocycles. The summed E-state index contributed by atoms with van der Waals surface area (Å²) in [5, 5.41) is 8.68. The van der Waals surface area contributed by atoms with Crippen molar-refractivity contribution in [3.63, 3.8) is 0 Å². The van der Waals surface area contributed by atoms with Gasteiger partial charge in [-0.3, -0.25) is 10.0 Å². The zero-order chi connectivity index (χ0) is 17.2. The van der Waals surface area contributed by atoms with Crippen molar-refractivity contribution in [3.05, 3.63) is 65.2 Å². The van der Waals surface area contributed by atoms with Gasteiger partial charge in [-0.2, -0.15) is 0 Å². The number of hydroxylamine groups is 1. The molecule has 2 aromatic rings. The maximum absolute atomic E-state index is 15.8. The number of para-hydroxylation sites is 1. The van der Waals surface area contributed by atoms with Crippen molar-refractivity contribution < 1.29 is 14.4 Å². The van der Waals surface area contributed by atoms with E-state index in [1.807, 2.05) is 18.2 Å². The van der Waals surface area contributed by atoms with E-state index < -0.39 is 11.7 Å². The molecule has 1 atom stereocenters. The molecule has 0 saturated heterocycles. The van der Waals surface area contributed by atoms with Crippen LogP contribution in [-0.4, -0.2) is 17.7 Å². The van der Waals surface area contributed by atoms with Gasteiger partial charge in [0.1, 0.15) is 0 Å². The van der Waals surface area contributed by atoms with E-state index in [2.05, 4.69) is 6.07 Å². The Kier molecular flexibility index (Phi) is 4.53. The Balaban J connectivity index is 1.96. The van der Waals surface area contributed by atoms with Gasteiger partial charge in [0.05, 0.1) is 0 Å². The largest absolute Gasteiger partial charge is 0.336 e. The molecule has 2 aromatic carbocycles. The number of nitrogens with one attached hydrogen (secondary N) is 1. The highest BCUT2D eigenvalue weighted by Gasteiger charge is 2.35. The summed E-state index contributed by atoms with van der Waals surface area (Å²) in [5.74, 6) is -2.29. The van der Waals surface area contributed by atoms with Gasteiger partial charge >= 0.3 is 0 Å². The Labute approximate surface area is 140 Å². The van der Waals surface area contributed by atoms with Gasteiger partial charge in [-0.15, -0.1) is 0 Å². The molecule has 2 N–H and O–H groups in total. The van der Waals surface area contributed by atoms with E-state index in [1.165, 1.54) is 12.1 Å². The summed E-state index contributed by atoms with van der Waals surface area (Å²) >= 11 is 0. The fourth-order valence-corrected chi connectivity index (χ4v) is 3.27. The van der Waals surface area contributed by atoms with Crippen LogP contribution in [0.1, 0.15) is 41.3 Å². The number of aryl methyl sites for hydroxylation is 1. The van der Waals surface area contributed by atoms with E-state index in [0.29, 0.717) is 12.1 Å². The number of alkyl halides is 1. The molecule has 1 heterocycles. The van der Waals surface area contributed by atoms with Crippen molar-refractivity contribution >= 4 is 11.6 Å².